The molecule has 2 N–H and O–H groups in total. The molecule has 114 valence electrons. The van der Waals surface area contributed by atoms with Gasteiger partial charge in [0.05, 0.1) is 6.20 Å². The van der Waals surface area contributed by atoms with Crippen LogP contribution in [0.4, 0.5) is 5.82 Å². The van der Waals surface area contributed by atoms with Crippen molar-refractivity contribution in [3.63, 3.8) is 0 Å². The second-order valence-corrected chi connectivity index (χ2v) is 5.81. The van der Waals surface area contributed by atoms with E-state index >= 15 is 0 Å². The first-order valence-electron chi connectivity index (χ1n) is 7.79. The topological polar surface area (TPSA) is 62.2 Å². The van der Waals surface area contributed by atoms with Crippen LogP contribution < -0.4 is 5.32 Å². The maximum atomic E-state index is 12.2. The standard InChI is InChI=1S/C18H20N2O2/c21-16-10-11-17(19-12-16)20-18(22)15-8-6-14(7-9-15)13-4-2-1-3-5-13/h6-13,21H,1-5H2,(H,19,20,22). The normalized spacial score (nSPS) is 15.5. The number of rotatable bonds is 3. The number of amides is 1. The monoisotopic (exact) mass is 296 g/mol. The molecule has 0 spiro atoms. The second-order valence-electron chi connectivity index (χ2n) is 5.81. The summed E-state index contributed by atoms with van der Waals surface area (Å²) in [5.41, 5.74) is 1.95. The molecule has 1 fully saturated rings. The third kappa shape index (κ3) is 3.45. The second kappa shape index (κ2) is 6.60. The summed E-state index contributed by atoms with van der Waals surface area (Å²) in [7, 11) is 0. The van der Waals surface area contributed by atoms with Gasteiger partial charge in [0.1, 0.15) is 11.6 Å². The molecule has 1 aromatic carbocycles. The zero-order valence-electron chi connectivity index (χ0n) is 12.5. The summed E-state index contributed by atoms with van der Waals surface area (Å²) in [6.45, 7) is 0. The van der Waals surface area contributed by atoms with Gasteiger partial charge in [-0.2, -0.15) is 0 Å². The Kier molecular flexibility index (Phi) is 4.37. The number of benzene rings is 1. The predicted octanol–water partition coefficient (Wildman–Crippen LogP) is 4.09. The molecule has 0 atom stereocenters. The van der Waals surface area contributed by atoms with Gasteiger partial charge < -0.3 is 10.4 Å². The molecule has 0 unspecified atom stereocenters. The van der Waals surface area contributed by atoms with Crippen LogP contribution in [0.25, 0.3) is 0 Å². The van der Waals surface area contributed by atoms with E-state index in [9.17, 15) is 9.90 Å². The lowest BCUT2D eigenvalue weighted by Crippen LogP contribution is -2.13. The molecule has 0 aliphatic heterocycles. The van der Waals surface area contributed by atoms with Gasteiger partial charge in [-0.05, 0) is 48.6 Å². The number of carbonyl (C=O) groups excluding carboxylic acids is 1. The van der Waals surface area contributed by atoms with Crippen LogP contribution in [-0.4, -0.2) is 16.0 Å². The number of hydrogen-bond acceptors (Lipinski definition) is 3. The first kappa shape index (κ1) is 14.6. The van der Waals surface area contributed by atoms with Crippen molar-refractivity contribution in [3.8, 4) is 5.75 Å². The first-order chi connectivity index (χ1) is 10.7. The van der Waals surface area contributed by atoms with Crippen LogP contribution >= 0.6 is 0 Å². The molecule has 4 nitrogen and oxygen atoms in total. The van der Waals surface area contributed by atoms with Crippen LogP contribution in [0.2, 0.25) is 0 Å². The molecule has 0 radical (unpaired) electrons. The van der Waals surface area contributed by atoms with E-state index in [4.69, 9.17) is 0 Å². The highest BCUT2D eigenvalue weighted by Crippen LogP contribution is 2.32. The molecule has 1 aliphatic rings. The molecule has 3 rings (SSSR count). The van der Waals surface area contributed by atoms with Crippen LogP contribution in [0, 0.1) is 0 Å². The molecule has 0 bridgehead atoms. The van der Waals surface area contributed by atoms with Gasteiger partial charge in [-0.3, -0.25) is 4.79 Å². The van der Waals surface area contributed by atoms with Crippen molar-refractivity contribution in [2.75, 3.05) is 5.32 Å². The van der Waals surface area contributed by atoms with Gasteiger partial charge >= 0.3 is 0 Å². The zero-order chi connectivity index (χ0) is 15.4. The Bertz CT molecular complexity index is 629. The fraction of sp³-hybridized carbons (Fsp3) is 0.333. The average Bonchev–Trinajstić information content (AvgIpc) is 2.58. The molecule has 0 saturated heterocycles. The van der Waals surface area contributed by atoms with Gasteiger partial charge in [-0.15, -0.1) is 0 Å². The number of pyridine rings is 1. The average molecular weight is 296 g/mol. The number of nitrogens with zero attached hydrogens (tertiary/aromatic N) is 1. The number of aromatic nitrogens is 1. The number of aromatic hydroxyl groups is 1. The van der Waals surface area contributed by atoms with E-state index in [1.54, 1.807) is 6.07 Å². The third-order valence-corrected chi connectivity index (χ3v) is 4.24. The van der Waals surface area contributed by atoms with Gasteiger partial charge in [-0.1, -0.05) is 31.4 Å². The molecular weight excluding hydrogens is 276 g/mol. The Morgan fingerprint density at radius 3 is 2.41 bits per heavy atom. The smallest absolute Gasteiger partial charge is 0.256 e. The molecule has 1 amide bonds. The van der Waals surface area contributed by atoms with Gasteiger partial charge in [0.15, 0.2) is 0 Å². The number of nitrogens with one attached hydrogen (secondary N) is 1. The summed E-state index contributed by atoms with van der Waals surface area (Å²) in [6, 6.07) is 10.9. The van der Waals surface area contributed by atoms with Crippen molar-refractivity contribution in [2.24, 2.45) is 0 Å². The Morgan fingerprint density at radius 2 is 1.77 bits per heavy atom. The van der Waals surface area contributed by atoms with E-state index in [1.807, 2.05) is 12.1 Å². The predicted molar refractivity (Wildman–Crippen MR) is 86.1 cm³/mol. The molecule has 1 heterocycles. The number of hydrogen-bond donors (Lipinski definition) is 2. The SMILES string of the molecule is O=C(Nc1ccc(O)cn1)c1ccc(C2CCCCC2)cc1. The summed E-state index contributed by atoms with van der Waals surface area (Å²) in [5.74, 6) is 0.965. The minimum Gasteiger partial charge on any atom is -0.506 e. The minimum atomic E-state index is -0.187. The van der Waals surface area contributed by atoms with Crippen LogP contribution in [0.15, 0.2) is 42.6 Å². The Balaban J connectivity index is 1.66. The fourth-order valence-electron chi connectivity index (χ4n) is 2.99. The van der Waals surface area contributed by atoms with E-state index in [1.165, 1.54) is 49.9 Å². The molecule has 22 heavy (non-hydrogen) atoms. The van der Waals surface area contributed by atoms with Gasteiger partial charge in [0.25, 0.3) is 5.91 Å². The molecule has 2 aromatic rings. The lowest BCUT2D eigenvalue weighted by atomic mass is 9.84. The minimum absolute atomic E-state index is 0.0785. The molecule has 1 saturated carbocycles. The van der Waals surface area contributed by atoms with Gasteiger partial charge in [-0.25, -0.2) is 4.98 Å². The summed E-state index contributed by atoms with van der Waals surface area (Å²) in [4.78, 5) is 16.1. The molecule has 1 aromatic heterocycles. The van der Waals surface area contributed by atoms with E-state index in [0.717, 1.165) is 0 Å². The third-order valence-electron chi connectivity index (χ3n) is 4.24. The van der Waals surface area contributed by atoms with Gasteiger partial charge in [0.2, 0.25) is 0 Å². The summed E-state index contributed by atoms with van der Waals surface area (Å²) >= 11 is 0. The fourth-order valence-corrected chi connectivity index (χ4v) is 2.99. The van der Waals surface area contributed by atoms with Crippen molar-refractivity contribution in [1.82, 2.24) is 4.98 Å². The van der Waals surface area contributed by atoms with Crippen LogP contribution in [-0.2, 0) is 0 Å². The van der Waals surface area contributed by atoms with Crippen LogP contribution in [0.3, 0.4) is 0 Å². The van der Waals surface area contributed by atoms with Crippen molar-refractivity contribution >= 4 is 11.7 Å². The number of carbonyl (C=O) groups is 1. The summed E-state index contributed by atoms with van der Waals surface area (Å²) in [6.07, 6.45) is 7.77. The van der Waals surface area contributed by atoms with Crippen molar-refractivity contribution < 1.29 is 9.90 Å². The Hall–Kier alpha value is -2.36. The highest BCUT2D eigenvalue weighted by molar-refractivity contribution is 6.03. The van der Waals surface area contributed by atoms with Crippen molar-refractivity contribution in [3.05, 3.63) is 53.7 Å². The molecular formula is C18H20N2O2. The highest BCUT2D eigenvalue weighted by atomic mass is 16.3. The molecule has 1 aliphatic carbocycles. The van der Waals surface area contributed by atoms with Crippen LogP contribution in [0.5, 0.6) is 5.75 Å². The zero-order valence-corrected chi connectivity index (χ0v) is 12.5. The Labute approximate surface area is 130 Å². The maximum absolute atomic E-state index is 12.2. The first-order valence-corrected chi connectivity index (χ1v) is 7.79. The summed E-state index contributed by atoms with van der Waals surface area (Å²) < 4.78 is 0. The highest BCUT2D eigenvalue weighted by Gasteiger charge is 2.16. The van der Waals surface area contributed by atoms with E-state index in [0.29, 0.717) is 17.3 Å². The van der Waals surface area contributed by atoms with Crippen LogP contribution in [0.1, 0.15) is 53.9 Å². The quantitative estimate of drug-likeness (QED) is 0.896. The Morgan fingerprint density at radius 1 is 1.05 bits per heavy atom. The van der Waals surface area contributed by atoms with E-state index in [2.05, 4.69) is 22.4 Å². The van der Waals surface area contributed by atoms with Crippen molar-refractivity contribution in [2.45, 2.75) is 38.0 Å². The number of anilines is 1. The van der Waals surface area contributed by atoms with Gasteiger partial charge in [0, 0.05) is 5.56 Å². The lowest BCUT2D eigenvalue weighted by Gasteiger charge is -2.22. The maximum Gasteiger partial charge on any atom is 0.256 e. The van der Waals surface area contributed by atoms with Crippen molar-refractivity contribution in [1.29, 1.82) is 0 Å². The van der Waals surface area contributed by atoms with E-state index in [-0.39, 0.29) is 11.7 Å². The molecule has 4 heteroatoms. The summed E-state index contributed by atoms with van der Waals surface area (Å²) in [5, 5.41) is 11.9. The van der Waals surface area contributed by atoms with E-state index < -0.39 is 0 Å². The largest absolute Gasteiger partial charge is 0.506 e. The lowest BCUT2D eigenvalue weighted by molar-refractivity contribution is 0.102.